The van der Waals surface area contributed by atoms with Gasteiger partial charge in [0.1, 0.15) is 17.2 Å². The van der Waals surface area contributed by atoms with Crippen molar-refractivity contribution < 1.29 is 14.6 Å². The van der Waals surface area contributed by atoms with E-state index in [1.54, 1.807) is 19.2 Å². The molecule has 0 aliphatic carbocycles. The average molecular weight is 242 g/mol. The van der Waals surface area contributed by atoms with E-state index in [0.717, 1.165) is 29.0 Å². The van der Waals surface area contributed by atoms with E-state index in [1.165, 1.54) is 5.56 Å². The van der Waals surface area contributed by atoms with E-state index in [4.69, 9.17) is 9.47 Å². The van der Waals surface area contributed by atoms with Crippen LogP contribution in [0.1, 0.15) is 5.56 Å². The van der Waals surface area contributed by atoms with Crippen molar-refractivity contribution >= 4 is 0 Å². The third kappa shape index (κ3) is 1.68. The van der Waals surface area contributed by atoms with Crippen LogP contribution in [0.2, 0.25) is 0 Å². The quantitative estimate of drug-likeness (QED) is 0.879. The first kappa shape index (κ1) is 11.0. The summed E-state index contributed by atoms with van der Waals surface area (Å²) in [5, 5.41) is 10.0. The highest BCUT2D eigenvalue weighted by Crippen LogP contribution is 2.41. The van der Waals surface area contributed by atoms with Gasteiger partial charge in [-0.25, -0.2) is 0 Å². The number of ether oxygens (including phenoxy) is 2. The highest BCUT2D eigenvalue weighted by atomic mass is 16.5. The standard InChI is InChI=1S/C15H14O3/c1-17-11-5-6-14(16)13(9-11)12-4-2-3-10-7-8-18-15(10)12/h2-6,9,16H,7-8H2,1H3. The molecule has 92 valence electrons. The molecule has 0 atom stereocenters. The van der Waals surface area contributed by atoms with Gasteiger partial charge < -0.3 is 14.6 Å². The third-order valence-corrected chi connectivity index (χ3v) is 3.21. The fourth-order valence-electron chi connectivity index (χ4n) is 2.29. The molecular formula is C15H14O3. The van der Waals surface area contributed by atoms with Crippen LogP contribution in [0.15, 0.2) is 36.4 Å². The predicted octanol–water partition coefficient (Wildman–Crippen LogP) is 3.00. The molecule has 0 amide bonds. The first-order chi connectivity index (χ1) is 8.79. The minimum atomic E-state index is 0.236. The predicted molar refractivity (Wildman–Crippen MR) is 69.3 cm³/mol. The highest BCUT2D eigenvalue weighted by Gasteiger charge is 2.19. The fourth-order valence-corrected chi connectivity index (χ4v) is 2.29. The number of methoxy groups -OCH3 is 1. The molecule has 0 saturated carbocycles. The molecule has 2 aromatic carbocycles. The SMILES string of the molecule is COc1ccc(O)c(-c2cccc3c2OCC3)c1. The molecule has 3 nitrogen and oxygen atoms in total. The molecule has 3 rings (SSSR count). The van der Waals surface area contributed by atoms with Gasteiger partial charge in [-0.2, -0.15) is 0 Å². The lowest BCUT2D eigenvalue weighted by molar-refractivity contribution is 0.357. The number of phenolic OH excluding ortho intramolecular Hbond substituents is 1. The van der Waals surface area contributed by atoms with Gasteiger partial charge in [-0.1, -0.05) is 18.2 Å². The number of benzene rings is 2. The van der Waals surface area contributed by atoms with E-state index in [0.29, 0.717) is 6.61 Å². The summed E-state index contributed by atoms with van der Waals surface area (Å²) in [4.78, 5) is 0. The number of phenols is 1. The van der Waals surface area contributed by atoms with Crippen molar-refractivity contribution in [2.24, 2.45) is 0 Å². The Morgan fingerprint density at radius 2 is 2.06 bits per heavy atom. The maximum absolute atomic E-state index is 10.0. The van der Waals surface area contributed by atoms with Crippen LogP contribution in [0.3, 0.4) is 0 Å². The van der Waals surface area contributed by atoms with Crippen LogP contribution in [0, 0.1) is 0 Å². The first-order valence-electron chi connectivity index (χ1n) is 5.91. The Kier molecular flexibility index (Phi) is 2.59. The lowest BCUT2D eigenvalue weighted by Gasteiger charge is -2.11. The summed E-state index contributed by atoms with van der Waals surface area (Å²) in [6.07, 6.45) is 0.925. The van der Waals surface area contributed by atoms with Crippen LogP contribution in [0.5, 0.6) is 17.2 Å². The van der Waals surface area contributed by atoms with Gasteiger partial charge in [-0.3, -0.25) is 0 Å². The molecule has 0 aromatic heterocycles. The van der Waals surface area contributed by atoms with Crippen molar-refractivity contribution in [3.8, 4) is 28.4 Å². The van der Waals surface area contributed by atoms with Crippen LogP contribution in [-0.4, -0.2) is 18.8 Å². The molecule has 1 heterocycles. The normalized spacial score (nSPS) is 12.9. The van der Waals surface area contributed by atoms with Crippen molar-refractivity contribution in [2.45, 2.75) is 6.42 Å². The zero-order valence-corrected chi connectivity index (χ0v) is 10.1. The van der Waals surface area contributed by atoms with E-state index in [-0.39, 0.29) is 5.75 Å². The Morgan fingerprint density at radius 1 is 1.17 bits per heavy atom. The smallest absolute Gasteiger partial charge is 0.130 e. The van der Waals surface area contributed by atoms with Gasteiger partial charge in [0.2, 0.25) is 0 Å². The maximum Gasteiger partial charge on any atom is 0.130 e. The van der Waals surface area contributed by atoms with Crippen molar-refractivity contribution in [1.82, 2.24) is 0 Å². The second-order valence-corrected chi connectivity index (χ2v) is 4.28. The first-order valence-corrected chi connectivity index (χ1v) is 5.91. The molecular weight excluding hydrogens is 228 g/mol. The molecule has 0 spiro atoms. The molecule has 1 N–H and O–H groups in total. The van der Waals surface area contributed by atoms with Crippen molar-refractivity contribution in [3.05, 3.63) is 42.0 Å². The van der Waals surface area contributed by atoms with Gasteiger partial charge in [0.05, 0.1) is 13.7 Å². The Labute approximate surface area is 106 Å². The Balaban J connectivity index is 2.18. The largest absolute Gasteiger partial charge is 0.507 e. The molecule has 0 bridgehead atoms. The van der Waals surface area contributed by atoms with E-state index in [1.807, 2.05) is 18.2 Å². The van der Waals surface area contributed by atoms with Crippen molar-refractivity contribution in [3.63, 3.8) is 0 Å². The zero-order valence-electron chi connectivity index (χ0n) is 10.1. The second kappa shape index (κ2) is 4.26. The van der Waals surface area contributed by atoms with Gasteiger partial charge in [0.15, 0.2) is 0 Å². The number of hydrogen-bond acceptors (Lipinski definition) is 3. The summed E-state index contributed by atoms with van der Waals surface area (Å²) in [5.41, 5.74) is 2.85. The lowest BCUT2D eigenvalue weighted by Crippen LogP contribution is -1.90. The molecule has 18 heavy (non-hydrogen) atoms. The Bertz CT molecular complexity index is 590. The molecule has 0 fully saturated rings. The van der Waals surface area contributed by atoms with Crippen LogP contribution < -0.4 is 9.47 Å². The minimum Gasteiger partial charge on any atom is -0.507 e. The average Bonchev–Trinajstić information content (AvgIpc) is 2.87. The summed E-state index contributed by atoms with van der Waals surface area (Å²) in [5.74, 6) is 1.83. The number of hydrogen-bond donors (Lipinski definition) is 1. The molecule has 0 saturated heterocycles. The summed E-state index contributed by atoms with van der Waals surface area (Å²) in [7, 11) is 1.61. The molecule has 1 aliphatic heterocycles. The summed E-state index contributed by atoms with van der Waals surface area (Å²) in [6.45, 7) is 0.705. The highest BCUT2D eigenvalue weighted by molar-refractivity contribution is 5.78. The molecule has 2 aromatic rings. The van der Waals surface area contributed by atoms with Gasteiger partial charge >= 0.3 is 0 Å². The molecule has 3 heteroatoms. The van der Waals surface area contributed by atoms with E-state index < -0.39 is 0 Å². The number of fused-ring (bicyclic) bond motifs is 1. The molecule has 0 radical (unpaired) electrons. The fraction of sp³-hybridized carbons (Fsp3) is 0.200. The number of rotatable bonds is 2. The van der Waals surface area contributed by atoms with Crippen molar-refractivity contribution in [1.29, 1.82) is 0 Å². The van der Waals surface area contributed by atoms with Crippen LogP contribution in [0.4, 0.5) is 0 Å². The minimum absolute atomic E-state index is 0.236. The van der Waals surface area contributed by atoms with Gasteiger partial charge in [0.25, 0.3) is 0 Å². The number of para-hydroxylation sites is 1. The summed E-state index contributed by atoms with van der Waals surface area (Å²) < 4.78 is 10.9. The van der Waals surface area contributed by atoms with E-state index in [2.05, 4.69) is 6.07 Å². The molecule has 0 unspecified atom stereocenters. The Hall–Kier alpha value is -2.16. The zero-order chi connectivity index (χ0) is 12.5. The van der Waals surface area contributed by atoms with Crippen LogP contribution >= 0.6 is 0 Å². The topological polar surface area (TPSA) is 38.7 Å². The van der Waals surface area contributed by atoms with E-state index in [9.17, 15) is 5.11 Å². The lowest BCUT2D eigenvalue weighted by atomic mass is 10.00. The maximum atomic E-state index is 10.0. The van der Waals surface area contributed by atoms with Gasteiger partial charge in [-0.15, -0.1) is 0 Å². The van der Waals surface area contributed by atoms with Crippen molar-refractivity contribution in [2.75, 3.05) is 13.7 Å². The Morgan fingerprint density at radius 3 is 2.89 bits per heavy atom. The van der Waals surface area contributed by atoms with Crippen LogP contribution in [-0.2, 0) is 6.42 Å². The van der Waals surface area contributed by atoms with Gasteiger partial charge in [0, 0.05) is 17.5 Å². The molecule has 1 aliphatic rings. The third-order valence-electron chi connectivity index (χ3n) is 3.21. The van der Waals surface area contributed by atoms with Crippen LogP contribution in [0.25, 0.3) is 11.1 Å². The van der Waals surface area contributed by atoms with Gasteiger partial charge in [-0.05, 0) is 23.8 Å². The second-order valence-electron chi connectivity index (χ2n) is 4.28. The van der Waals surface area contributed by atoms with E-state index >= 15 is 0 Å². The summed E-state index contributed by atoms with van der Waals surface area (Å²) >= 11 is 0. The summed E-state index contributed by atoms with van der Waals surface area (Å²) in [6, 6.07) is 11.2. The monoisotopic (exact) mass is 242 g/mol. The number of aromatic hydroxyl groups is 1.